The number of halogens is 1. The van der Waals surface area contributed by atoms with Crippen LogP contribution in [0.15, 0.2) is 54.6 Å². The summed E-state index contributed by atoms with van der Waals surface area (Å²) >= 11 is 0. The fourth-order valence-electron chi connectivity index (χ4n) is 3.62. The van der Waals surface area contributed by atoms with E-state index in [1.54, 1.807) is 18.2 Å². The summed E-state index contributed by atoms with van der Waals surface area (Å²) in [6.45, 7) is 5.44. The maximum Gasteiger partial charge on any atom is 0.221 e. The molecule has 0 radical (unpaired) electrons. The Labute approximate surface area is 194 Å². The minimum Gasteiger partial charge on any atom is -0.302 e. The number of rotatable bonds is 14. The lowest BCUT2D eigenvalue weighted by Gasteiger charge is -2.32. The summed E-state index contributed by atoms with van der Waals surface area (Å²) in [4.78, 5) is 38.1. The largest absolute Gasteiger partial charge is 0.302 e. The topological polar surface area (TPSA) is 113 Å². The first-order chi connectivity index (χ1) is 15.7. The number of hydrogen-bond acceptors (Lipinski definition) is 7. The average molecular weight is 457 g/mol. The van der Waals surface area contributed by atoms with Crippen LogP contribution in [0.1, 0.15) is 38.3 Å². The second-order valence-electron chi connectivity index (χ2n) is 8.84. The summed E-state index contributed by atoms with van der Waals surface area (Å²) in [5, 5.41) is 0. The third-order valence-corrected chi connectivity index (χ3v) is 5.45. The highest BCUT2D eigenvalue weighted by Gasteiger charge is 2.41. The summed E-state index contributed by atoms with van der Waals surface area (Å²) in [5.41, 5.74) is 7.73. The Bertz CT molecular complexity index is 938. The highest BCUT2D eigenvalue weighted by molar-refractivity contribution is 6.42. The number of aldehydes is 1. The van der Waals surface area contributed by atoms with E-state index in [2.05, 4.69) is 16.3 Å². The van der Waals surface area contributed by atoms with Crippen LogP contribution in [-0.2, 0) is 27.2 Å². The Balaban J connectivity index is 2.29. The van der Waals surface area contributed by atoms with Crippen LogP contribution in [-0.4, -0.2) is 35.5 Å². The van der Waals surface area contributed by atoms with Gasteiger partial charge in [0.15, 0.2) is 0 Å². The molecule has 0 spiro atoms. The monoisotopic (exact) mass is 456 g/mol. The van der Waals surface area contributed by atoms with Crippen LogP contribution in [0.5, 0.6) is 0 Å². The molecule has 0 bridgehead atoms. The molecule has 0 fully saturated rings. The molecule has 2 rings (SSSR count). The summed E-state index contributed by atoms with van der Waals surface area (Å²) in [5.74, 6) is 3.84. The first-order valence-electron chi connectivity index (χ1n) is 11.0. The highest BCUT2D eigenvalue weighted by atomic mass is 19.1. The minimum absolute atomic E-state index is 0.104. The smallest absolute Gasteiger partial charge is 0.221 e. The standard InChI is InChI=1S/C25H33FN4O3/c1-17(2)13-20(16-31)29-30-25(3,15-19-11-7-8-12-21(19)26)24(33)23(32)22(28-27)14-18-9-5-4-6-10-18/h4-12,16-17,20,22,28-30H,13-15,27H2,1-3H3/t20-,22-,25-/m0/s1. The van der Waals surface area contributed by atoms with Crippen LogP contribution in [0.3, 0.4) is 0 Å². The van der Waals surface area contributed by atoms with Crippen molar-refractivity contribution in [1.29, 1.82) is 0 Å². The second kappa shape index (κ2) is 12.5. The quantitative estimate of drug-likeness (QED) is 0.149. The molecule has 33 heavy (non-hydrogen) atoms. The number of carbonyl (C=O) groups is 3. The van der Waals surface area contributed by atoms with Gasteiger partial charge in [-0.05, 0) is 42.9 Å². The van der Waals surface area contributed by atoms with Crippen molar-refractivity contribution in [2.45, 2.75) is 57.7 Å². The molecule has 2 aromatic rings. The van der Waals surface area contributed by atoms with Gasteiger partial charge in [-0.3, -0.25) is 15.4 Å². The van der Waals surface area contributed by atoms with Gasteiger partial charge in [0.1, 0.15) is 12.1 Å². The summed E-state index contributed by atoms with van der Waals surface area (Å²) in [7, 11) is 0. The van der Waals surface area contributed by atoms with E-state index in [-0.39, 0.29) is 24.3 Å². The molecule has 2 aromatic carbocycles. The molecular weight excluding hydrogens is 423 g/mol. The first-order valence-corrected chi connectivity index (χ1v) is 11.0. The van der Waals surface area contributed by atoms with Crippen molar-refractivity contribution >= 4 is 17.9 Å². The van der Waals surface area contributed by atoms with E-state index in [0.29, 0.717) is 6.42 Å². The van der Waals surface area contributed by atoms with E-state index in [4.69, 9.17) is 5.84 Å². The van der Waals surface area contributed by atoms with Crippen molar-refractivity contribution < 1.29 is 18.8 Å². The number of ketones is 2. The molecule has 0 amide bonds. The Morgan fingerprint density at radius 3 is 2.30 bits per heavy atom. The third-order valence-electron chi connectivity index (χ3n) is 5.45. The molecule has 3 atom stereocenters. The molecule has 0 saturated carbocycles. The maximum atomic E-state index is 14.4. The molecule has 7 nitrogen and oxygen atoms in total. The molecule has 0 aromatic heterocycles. The SMILES string of the molecule is CC(C)C[C@@H](C=O)NN[C@@](C)(Cc1ccccc1F)C(=O)C(=O)[C@H](Cc1ccccc1)NN. The number of nitrogens with one attached hydrogen (secondary N) is 3. The van der Waals surface area contributed by atoms with Gasteiger partial charge < -0.3 is 4.79 Å². The number of Topliss-reactive ketones (excluding diaryl/α,β-unsaturated/α-hetero) is 2. The second-order valence-corrected chi connectivity index (χ2v) is 8.84. The Kier molecular flexibility index (Phi) is 9.99. The summed E-state index contributed by atoms with van der Waals surface area (Å²) < 4.78 is 14.4. The van der Waals surface area contributed by atoms with E-state index < -0.39 is 35.0 Å². The lowest BCUT2D eigenvalue weighted by atomic mass is 9.84. The molecule has 0 saturated heterocycles. The average Bonchev–Trinajstić information content (AvgIpc) is 2.81. The van der Waals surface area contributed by atoms with Crippen LogP contribution in [0.4, 0.5) is 4.39 Å². The van der Waals surface area contributed by atoms with Crippen molar-refractivity contribution in [2.75, 3.05) is 0 Å². The Morgan fingerprint density at radius 2 is 1.73 bits per heavy atom. The molecule has 0 aliphatic heterocycles. The lowest BCUT2D eigenvalue weighted by Crippen LogP contribution is -2.63. The van der Waals surface area contributed by atoms with Crippen molar-refractivity contribution in [3.63, 3.8) is 0 Å². The zero-order valence-electron chi connectivity index (χ0n) is 19.3. The van der Waals surface area contributed by atoms with Gasteiger partial charge in [-0.2, -0.15) is 0 Å². The van der Waals surface area contributed by atoms with E-state index in [0.717, 1.165) is 11.8 Å². The summed E-state index contributed by atoms with van der Waals surface area (Å²) in [6.07, 6.45) is 1.38. The van der Waals surface area contributed by atoms with Crippen molar-refractivity contribution in [3.05, 3.63) is 71.5 Å². The molecule has 178 valence electrons. The first kappa shape index (κ1) is 26.5. The lowest BCUT2D eigenvalue weighted by molar-refractivity contribution is -0.141. The minimum atomic E-state index is -1.52. The Morgan fingerprint density at radius 1 is 1.09 bits per heavy atom. The number of benzene rings is 2. The zero-order chi connectivity index (χ0) is 24.4. The van der Waals surface area contributed by atoms with E-state index in [1.807, 2.05) is 44.2 Å². The zero-order valence-corrected chi connectivity index (χ0v) is 19.3. The molecule has 5 N–H and O–H groups in total. The van der Waals surface area contributed by atoms with Gasteiger partial charge >= 0.3 is 0 Å². The molecule has 8 heteroatoms. The number of carbonyl (C=O) groups excluding carboxylic acids is 3. The number of nitrogens with two attached hydrogens (primary N) is 1. The van der Waals surface area contributed by atoms with Crippen LogP contribution in [0, 0.1) is 11.7 Å². The predicted octanol–water partition coefficient (Wildman–Crippen LogP) is 2.05. The molecular formula is C25H33FN4O3. The predicted molar refractivity (Wildman–Crippen MR) is 125 cm³/mol. The third kappa shape index (κ3) is 7.64. The number of hydrazine groups is 2. The van der Waals surface area contributed by atoms with Gasteiger partial charge in [-0.25, -0.2) is 20.7 Å². The molecule has 0 unspecified atom stereocenters. The fourth-order valence-corrected chi connectivity index (χ4v) is 3.62. The Hall–Kier alpha value is -2.78. The van der Waals surface area contributed by atoms with Crippen LogP contribution >= 0.6 is 0 Å². The van der Waals surface area contributed by atoms with Gasteiger partial charge in [0.2, 0.25) is 11.6 Å². The van der Waals surface area contributed by atoms with Gasteiger partial charge in [-0.1, -0.05) is 62.4 Å². The van der Waals surface area contributed by atoms with E-state index >= 15 is 0 Å². The summed E-state index contributed by atoms with van der Waals surface area (Å²) in [6, 6.07) is 13.7. The van der Waals surface area contributed by atoms with Gasteiger partial charge in [-0.15, -0.1) is 0 Å². The van der Waals surface area contributed by atoms with Crippen LogP contribution < -0.4 is 22.1 Å². The highest BCUT2D eigenvalue weighted by Crippen LogP contribution is 2.19. The van der Waals surface area contributed by atoms with Gasteiger partial charge in [0.05, 0.1) is 17.6 Å². The van der Waals surface area contributed by atoms with Gasteiger partial charge in [0, 0.05) is 6.42 Å². The number of hydrogen-bond donors (Lipinski definition) is 4. The van der Waals surface area contributed by atoms with Crippen molar-refractivity contribution in [1.82, 2.24) is 16.3 Å². The van der Waals surface area contributed by atoms with Crippen molar-refractivity contribution in [3.8, 4) is 0 Å². The molecule has 0 heterocycles. The maximum absolute atomic E-state index is 14.4. The normalized spacial score (nSPS) is 15.0. The van der Waals surface area contributed by atoms with Gasteiger partial charge in [0.25, 0.3) is 0 Å². The van der Waals surface area contributed by atoms with E-state index in [1.165, 1.54) is 13.0 Å². The molecule has 0 aliphatic rings. The van der Waals surface area contributed by atoms with Crippen molar-refractivity contribution in [2.24, 2.45) is 11.8 Å². The van der Waals surface area contributed by atoms with E-state index in [9.17, 15) is 18.8 Å². The molecule has 0 aliphatic carbocycles. The fraction of sp³-hybridized carbons (Fsp3) is 0.400. The van der Waals surface area contributed by atoms with Crippen LogP contribution in [0.2, 0.25) is 0 Å². The van der Waals surface area contributed by atoms with Crippen LogP contribution in [0.25, 0.3) is 0 Å².